The van der Waals surface area contributed by atoms with Gasteiger partial charge in [0.15, 0.2) is 18.2 Å². The van der Waals surface area contributed by atoms with E-state index in [0.717, 1.165) is 52.9 Å². The van der Waals surface area contributed by atoms with Gasteiger partial charge in [0, 0.05) is 53.5 Å². The zero-order valence-electron chi connectivity index (χ0n) is 28.2. The average molecular weight is 775 g/mol. The number of hydrogen-bond donors (Lipinski definition) is 1. The minimum atomic E-state index is -0.485. The minimum Gasteiger partial charge on any atom is -0.481 e. The summed E-state index contributed by atoms with van der Waals surface area (Å²) in [4.78, 5) is 43.5. The van der Waals surface area contributed by atoms with Crippen molar-refractivity contribution in [2.75, 3.05) is 18.5 Å². The van der Waals surface area contributed by atoms with Crippen molar-refractivity contribution < 1.29 is 19.1 Å². The summed E-state index contributed by atoms with van der Waals surface area (Å²) in [5.41, 5.74) is 6.99. The summed E-state index contributed by atoms with van der Waals surface area (Å²) >= 11 is 7.39. The largest absolute Gasteiger partial charge is 0.481 e. The number of amides is 1. The fraction of sp³-hybridized carbons (Fsp3) is 0.375. The molecule has 0 radical (unpaired) electrons. The third kappa shape index (κ3) is 7.25. The van der Waals surface area contributed by atoms with Gasteiger partial charge in [0.2, 0.25) is 0 Å². The number of benzene rings is 3. The quantitative estimate of drug-likeness (QED) is 0.247. The number of allylic oxidation sites excluding steroid dienone is 4. The Hall–Kier alpha value is -3.49. The number of anilines is 1. The summed E-state index contributed by atoms with van der Waals surface area (Å²) in [6.45, 7) is 11.1. The van der Waals surface area contributed by atoms with Gasteiger partial charge in [-0.05, 0) is 110 Å². The molecule has 0 fully saturated rings. The number of Topliss-reactive ketones (excluding diaryl/α,β-unsaturated/α-hetero) is 2. The zero-order chi connectivity index (χ0) is 34.4. The van der Waals surface area contributed by atoms with Crippen LogP contribution in [0.2, 0.25) is 0 Å². The molecule has 3 aliphatic rings. The first kappa shape index (κ1) is 34.4. The summed E-state index contributed by atoms with van der Waals surface area (Å²) in [6.07, 6.45) is 3.17. The molecule has 48 heavy (non-hydrogen) atoms. The van der Waals surface area contributed by atoms with Crippen LogP contribution in [0.15, 0.2) is 98.2 Å². The predicted molar refractivity (Wildman–Crippen MR) is 197 cm³/mol. The molecule has 2 aliphatic carbocycles. The Balaban J connectivity index is 1.38. The van der Waals surface area contributed by atoms with Gasteiger partial charge in [-0.3, -0.25) is 14.4 Å². The summed E-state index contributed by atoms with van der Waals surface area (Å²) < 4.78 is 7.28. The molecule has 1 aliphatic heterocycles. The van der Waals surface area contributed by atoms with E-state index in [1.807, 2.05) is 49.4 Å². The van der Waals surface area contributed by atoms with E-state index in [-0.39, 0.29) is 34.9 Å². The maximum absolute atomic E-state index is 14.2. The van der Waals surface area contributed by atoms with Crippen LogP contribution >= 0.6 is 31.9 Å². The monoisotopic (exact) mass is 772 g/mol. The number of rotatable bonds is 8. The van der Waals surface area contributed by atoms with Crippen LogP contribution in [0.5, 0.6) is 5.75 Å². The minimum absolute atomic E-state index is 0.0977. The van der Waals surface area contributed by atoms with Crippen LogP contribution in [0, 0.1) is 17.8 Å². The van der Waals surface area contributed by atoms with Crippen LogP contribution in [-0.4, -0.2) is 35.5 Å². The highest BCUT2D eigenvalue weighted by Gasteiger charge is 2.49. The number of hydrogen-bond acceptors (Lipinski definition) is 5. The highest BCUT2D eigenvalue weighted by Crippen LogP contribution is 2.55. The SMILES string of the molecule is Cc1cccc(NC(=O)COc2c(Br)cc(C3C4=C(CC(C)(C)CC4=O)N(CCc4ccccc4)C4=C3C(=O)CC(C)(C)C4)cc2Br)c1. The van der Waals surface area contributed by atoms with Crippen molar-refractivity contribution >= 4 is 55.0 Å². The Morgan fingerprint density at radius 1 is 0.833 bits per heavy atom. The van der Waals surface area contributed by atoms with E-state index in [4.69, 9.17) is 4.74 Å². The molecule has 1 heterocycles. The molecule has 8 heteroatoms. The Morgan fingerprint density at radius 2 is 1.42 bits per heavy atom. The molecule has 1 N–H and O–H groups in total. The Kier molecular flexibility index (Phi) is 9.62. The highest BCUT2D eigenvalue weighted by atomic mass is 79.9. The van der Waals surface area contributed by atoms with E-state index in [9.17, 15) is 14.4 Å². The predicted octanol–water partition coefficient (Wildman–Crippen LogP) is 9.47. The van der Waals surface area contributed by atoms with Gasteiger partial charge in [0.1, 0.15) is 5.75 Å². The Labute approximate surface area is 300 Å². The second kappa shape index (κ2) is 13.4. The van der Waals surface area contributed by atoms with Crippen LogP contribution in [-0.2, 0) is 20.8 Å². The van der Waals surface area contributed by atoms with Crippen LogP contribution in [0.1, 0.15) is 76.0 Å². The van der Waals surface area contributed by atoms with Gasteiger partial charge in [-0.15, -0.1) is 0 Å². The second-order valence-electron chi connectivity index (χ2n) is 14.9. The number of carbonyl (C=O) groups excluding carboxylic acids is 3. The second-order valence-corrected chi connectivity index (χ2v) is 16.7. The lowest BCUT2D eigenvalue weighted by Gasteiger charge is -2.49. The molecule has 6 rings (SSSR count). The van der Waals surface area contributed by atoms with Gasteiger partial charge >= 0.3 is 0 Å². The summed E-state index contributed by atoms with van der Waals surface area (Å²) in [6, 6.07) is 21.9. The molecular weight excluding hydrogens is 732 g/mol. The number of ether oxygens (including phenoxy) is 1. The molecule has 0 aromatic heterocycles. The molecule has 0 saturated carbocycles. The number of halogens is 2. The van der Waals surface area contributed by atoms with E-state index in [2.05, 4.69) is 94.0 Å². The fourth-order valence-electron chi connectivity index (χ4n) is 7.48. The standard InChI is InChI=1S/C40H42Br2N2O4/c1-24-10-9-13-27(16-24)43-34(47)23-48-38-28(41)17-26(18-29(38)42)35-36-30(19-39(2,3)21-32(36)45)44(15-14-25-11-7-6-8-12-25)31-20-40(4,5)22-33(46)37(31)35/h6-13,16-18,35H,14-15,19-23H2,1-5H3,(H,43,47). The first-order valence-electron chi connectivity index (χ1n) is 16.5. The van der Waals surface area contributed by atoms with Crippen molar-refractivity contribution in [2.45, 2.75) is 72.6 Å². The molecule has 1 amide bonds. The highest BCUT2D eigenvalue weighted by molar-refractivity contribution is 9.11. The maximum atomic E-state index is 14.2. The van der Waals surface area contributed by atoms with Gasteiger partial charge in [-0.2, -0.15) is 0 Å². The molecule has 3 aromatic carbocycles. The third-order valence-corrected chi connectivity index (χ3v) is 10.7. The number of ketones is 2. The van der Waals surface area contributed by atoms with Crippen LogP contribution in [0.4, 0.5) is 5.69 Å². The van der Waals surface area contributed by atoms with Crippen molar-refractivity contribution in [3.05, 3.63) is 115 Å². The van der Waals surface area contributed by atoms with E-state index < -0.39 is 5.92 Å². The number of nitrogens with one attached hydrogen (secondary N) is 1. The van der Waals surface area contributed by atoms with E-state index in [1.54, 1.807) is 0 Å². The smallest absolute Gasteiger partial charge is 0.262 e. The number of aryl methyl sites for hydroxylation is 1. The maximum Gasteiger partial charge on any atom is 0.262 e. The first-order chi connectivity index (χ1) is 22.7. The molecule has 0 atom stereocenters. The van der Waals surface area contributed by atoms with E-state index >= 15 is 0 Å². The van der Waals surface area contributed by atoms with Gasteiger partial charge in [0.05, 0.1) is 8.95 Å². The van der Waals surface area contributed by atoms with Gasteiger partial charge in [0.25, 0.3) is 5.91 Å². The lowest BCUT2D eigenvalue weighted by Crippen LogP contribution is -2.45. The number of nitrogens with zero attached hydrogens (tertiary/aromatic N) is 1. The lowest BCUT2D eigenvalue weighted by atomic mass is 9.63. The van der Waals surface area contributed by atoms with Crippen LogP contribution in [0.25, 0.3) is 0 Å². The molecular formula is C40H42Br2N2O4. The van der Waals surface area contributed by atoms with Gasteiger partial charge in [-0.1, -0.05) is 70.2 Å². The Morgan fingerprint density at radius 3 is 1.98 bits per heavy atom. The summed E-state index contributed by atoms with van der Waals surface area (Å²) in [5.74, 6) is -0.0849. The molecule has 0 saturated heterocycles. The van der Waals surface area contributed by atoms with Gasteiger partial charge < -0.3 is 15.0 Å². The van der Waals surface area contributed by atoms with Crippen molar-refractivity contribution in [1.29, 1.82) is 0 Å². The molecule has 3 aromatic rings. The van der Waals surface area contributed by atoms with Gasteiger partial charge in [-0.25, -0.2) is 0 Å². The zero-order valence-corrected chi connectivity index (χ0v) is 31.4. The van der Waals surface area contributed by atoms with Crippen molar-refractivity contribution in [1.82, 2.24) is 4.90 Å². The molecule has 0 bridgehead atoms. The number of carbonyl (C=O) groups is 3. The normalized spacial score (nSPS) is 18.9. The van der Waals surface area contributed by atoms with Crippen molar-refractivity contribution in [3.8, 4) is 5.75 Å². The van der Waals surface area contributed by atoms with Crippen molar-refractivity contribution in [2.24, 2.45) is 10.8 Å². The Bertz CT molecular complexity index is 1780. The summed E-state index contributed by atoms with van der Waals surface area (Å²) in [5, 5.41) is 2.88. The first-order valence-corrected chi connectivity index (χ1v) is 18.1. The fourth-order valence-corrected chi connectivity index (χ4v) is 8.93. The average Bonchev–Trinajstić information content (AvgIpc) is 2.98. The van der Waals surface area contributed by atoms with E-state index in [1.165, 1.54) is 5.56 Å². The van der Waals surface area contributed by atoms with Crippen molar-refractivity contribution in [3.63, 3.8) is 0 Å². The van der Waals surface area contributed by atoms with E-state index in [0.29, 0.717) is 39.8 Å². The lowest BCUT2D eigenvalue weighted by molar-refractivity contribution is -0.120. The molecule has 0 unspecified atom stereocenters. The van der Waals surface area contributed by atoms with Crippen LogP contribution in [0.3, 0.4) is 0 Å². The molecule has 0 spiro atoms. The molecule has 250 valence electrons. The molecule has 6 nitrogen and oxygen atoms in total. The van der Waals surface area contributed by atoms with Crippen LogP contribution < -0.4 is 10.1 Å². The summed E-state index contributed by atoms with van der Waals surface area (Å²) in [7, 11) is 0. The third-order valence-electron chi connectivity index (χ3n) is 9.49. The topological polar surface area (TPSA) is 75.7 Å².